The van der Waals surface area contributed by atoms with E-state index < -0.39 is 11.4 Å². The van der Waals surface area contributed by atoms with Crippen LogP contribution in [0.2, 0.25) is 0 Å². The maximum Gasteiger partial charge on any atom is 0.242 e. The molecule has 0 aromatic heterocycles. The molecule has 1 amide bonds. The van der Waals surface area contributed by atoms with Gasteiger partial charge >= 0.3 is 0 Å². The first-order chi connectivity index (χ1) is 8.55. The van der Waals surface area contributed by atoms with Gasteiger partial charge in [0.2, 0.25) is 5.91 Å². The molecule has 5 nitrogen and oxygen atoms in total. The molecule has 1 aromatic rings. The van der Waals surface area contributed by atoms with E-state index in [1.165, 1.54) is 0 Å². The molecule has 1 aliphatic heterocycles. The number of nitrogens with zero attached hydrogens (tertiary/aromatic N) is 1. The van der Waals surface area contributed by atoms with Gasteiger partial charge in [-0.3, -0.25) is 9.69 Å². The number of carbonyl (C=O) groups is 1. The van der Waals surface area contributed by atoms with Gasteiger partial charge < -0.3 is 16.2 Å². The molecule has 1 aliphatic rings. The highest BCUT2D eigenvalue weighted by molar-refractivity contribution is 5.85. The second kappa shape index (κ2) is 4.96. The Morgan fingerprint density at radius 1 is 1.44 bits per heavy atom. The predicted octanol–water partition coefficient (Wildman–Crippen LogP) is -0.00210. The van der Waals surface area contributed by atoms with E-state index in [0.717, 1.165) is 31.7 Å². The molecule has 0 aliphatic carbocycles. The van der Waals surface area contributed by atoms with Crippen molar-refractivity contribution in [2.45, 2.75) is 12.5 Å². The zero-order valence-electron chi connectivity index (χ0n) is 10.5. The van der Waals surface area contributed by atoms with E-state index in [2.05, 4.69) is 10.2 Å². The molecule has 1 aromatic carbocycles. The molecule has 5 heteroatoms. The lowest BCUT2D eigenvalue weighted by Gasteiger charge is -2.41. The summed E-state index contributed by atoms with van der Waals surface area (Å²) in [7, 11) is 0. The molecule has 2 rings (SSSR count). The number of aromatic hydroxyl groups is 1. The van der Waals surface area contributed by atoms with Crippen LogP contribution in [0.15, 0.2) is 24.3 Å². The minimum Gasteiger partial charge on any atom is -0.508 e. The molecule has 0 bridgehead atoms. The summed E-state index contributed by atoms with van der Waals surface area (Å²) in [5, 5.41) is 12.8. The van der Waals surface area contributed by atoms with E-state index in [1.54, 1.807) is 18.2 Å². The van der Waals surface area contributed by atoms with E-state index in [1.807, 2.05) is 13.0 Å². The van der Waals surface area contributed by atoms with Gasteiger partial charge in [0.05, 0.1) is 0 Å². The van der Waals surface area contributed by atoms with Gasteiger partial charge in [0.25, 0.3) is 0 Å². The lowest BCUT2D eigenvalue weighted by molar-refractivity contribution is -0.130. The average Bonchev–Trinajstić information content (AvgIpc) is 2.38. The number of nitrogens with two attached hydrogens (primary N) is 1. The van der Waals surface area contributed by atoms with Crippen molar-refractivity contribution >= 4 is 5.91 Å². The molecular weight excluding hydrogens is 230 g/mol. The van der Waals surface area contributed by atoms with Gasteiger partial charge in [0, 0.05) is 26.2 Å². The van der Waals surface area contributed by atoms with Crippen molar-refractivity contribution in [2.75, 3.05) is 26.2 Å². The fourth-order valence-corrected chi connectivity index (χ4v) is 2.40. The Kier molecular flexibility index (Phi) is 3.54. The molecule has 0 radical (unpaired) electrons. The zero-order valence-corrected chi connectivity index (χ0v) is 10.5. The number of rotatable bonds is 3. The SMILES string of the molecule is CC(C(N)=O)(c1cccc(O)c1)N1CCNCC1. The van der Waals surface area contributed by atoms with E-state index >= 15 is 0 Å². The topological polar surface area (TPSA) is 78.6 Å². The van der Waals surface area contributed by atoms with Crippen molar-refractivity contribution in [3.63, 3.8) is 0 Å². The van der Waals surface area contributed by atoms with Gasteiger partial charge in [-0.25, -0.2) is 0 Å². The molecule has 18 heavy (non-hydrogen) atoms. The van der Waals surface area contributed by atoms with Crippen LogP contribution >= 0.6 is 0 Å². The Morgan fingerprint density at radius 3 is 2.67 bits per heavy atom. The quantitative estimate of drug-likeness (QED) is 0.704. The normalized spacial score (nSPS) is 20.3. The second-order valence-electron chi connectivity index (χ2n) is 4.72. The van der Waals surface area contributed by atoms with Crippen LogP contribution in [0.5, 0.6) is 5.75 Å². The maximum absolute atomic E-state index is 11.9. The summed E-state index contributed by atoms with van der Waals surface area (Å²) < 4.78 is 0. The summed E-state index contributed by atoms with van der Waals surface area (Å²) in [5.74, 6) is -0.245. The molecule has 98 valence electrons. The largest absolute Gasteiger partial charge is 0.508 e. The Bertz CT molecular complexity index is 444. The number of hydrogen-bond acceptors (Lipinski definition) is 4. The fourth-order valence-electron chi connectivity index (χ4n) is 2.40. The molecule has 1 atom stereocenters. The molecule has 1 unspecified atom stereocenters. The number of phenolic OH excluding ortho intramolecular Hbond substituents is 1. The fraction of sp³-hybridized carbons (Fsp3) is 0.462. The number of carbonyl (C=O) groups excluding carboxylic acids is 1. The average molecular weight is 249 g/mol. The Balaban J connectivity index is 2.39. The maximum atomic E-state index is 11.9. The molecule has 1 fully saturated rings. The van der Waals surface area contributed by atoms with Gasteiger partial charge in [0.15, 0.2) is 0 Å². The number of benzene rings is 1. The van der Waals surface area contributed by atoms with E-state index in [9.17, 15) is 9.90 Å². The summed E-state index contributed by atoms with van der Waals surface area (Å²) in [4.78, 5) is 14.0. The monoisotopic (exact) mass is 249 g/mol. The van der Waals surface area contributed by atoms with E-state index in [0.29, 0.717) is 0 Å². The van der Waals surface area contributed by atoms with Crippen molar-refractivity contribution in [3.8, 4) is 5.75 Å². The Morgan fingerprint density at radius 2 is 2.11 bits per heavy atom. The van der Waals surface area contributed by atoms with Gasteiger partial charge in [0.1, 0.15) is 11.3 Å². The third-order valence-electron chi connectivity index (χ3n) is 3.64. The van der Waals surface area contributed by atoms with Crippen molar-refractivity contribution in [1.82, 2.24) is 10.2 Å². The van der Waals surface area contributed by atoms with E-state index in [4.69, 9.17) is 5.73 Å². The molecule has 1 saturated heterocycles. The summed E-state index contributed by atoms with van der Waals surface area (Å²) in [6, 6.07) is 6.75. The van der Waals surface area contributed by atoms with Crippen LogP contribution in [-0.4, -0.2) is 42.1 Å². The van der Waals surface area contributed by atoms with Crippen LogP contribution in [0, 0.1) is 0 Å². The first-order valence-corrected chi connectivity index (χ1v) is 6.10. The smallest absolute Gasteiger partial charge is 0.242 e. The number of amides is 1. The van der Waals surface area contributed by atoms with Crippen LogP contribution in [0.1, 0.15) is 12.5 Å². The third-order valence-corrected chi connectivity index (χ3v) is 3.64. The summed E-state index contributed by atoms with van der Waals surface area (Å²) in [5.41, 5.74) is 5.46. The molecular formula is C13H19N3O2. The standard InChI is InChI=1S/C13H19N3O2/c1-13(12(14)18,16-7-5-15-6-8-16)10-3-2-4-11(17)9-10/h2-4,9,15,17H,5-8H2,1H3,(H2,14,18). The zero-order chi connectivity index (χ0) is 13.2. The number of primary amides is 1. The lowest BCUT2D eigenvalue weighted by atomic mass is 9.88. The van der Waals surface area contributed by atoms with Crippen LogP contribution in [0.4, 0.5) is 0 Å². The summed E-state index contributed by atoms with van der Waals surface area (Å²) in [6.07, 6.45) is 0. The van der Waals surface area contributed by atoms with Gasteiger partial charge in [-0.1, -0.05) is 12.1 Å². The molecule has 1 heterocycles. The third kappa shape index (κ3) is 2.19. The van der Waals surface area contributed by atoms with Crippen LogP contribution in [0.3, 0.4) is 0 Å². The van der Waals surface area contributed by atoms with Crippen molar-refractivity contribution in [2.24, 2.45) is 5.73 Å². The lowest BCUT2D eigenvalue weighted by Crippen LogP contribution is -2.58. The highest BCUT2D eigenvalue weighted by Crippen LogP contribution is 2.30. The van der Waals surface area contributed by atoms with Crippen LogP contribution < -0.4 is 11.1 Å². The van der Waals surface area contributed by atoms with Crippen molar-refractivity contribution in [3.05, 3.63) is 29.8 Å². The van der Waals surface area contributed by atoms with Crippen molar-refractivity contribution in [1.29, 1.82) is 0 Å². The van der Waals surface area contributed by atoms with Crippen LogP contribution in [0.25, 0.3) is 0 Å². The number of hydrogen-bond donors (Lipinski definition) is 3. The van der Waals surface area contributed by atoms with Gasteiger partial charge in [-0.05, 0) is 24.6 Å². The van der Waals surface area contributed by atoms with Crippen LogP contribution in [-0.2, 0) is 10.3 Å². The Hall–Kier alpha value is -1.59. The summed E-state index contributed by atoms with van der Waals surface area (Å²) >= 11 is 0. The van der Waals surface area contributed by atoms with Crippen molar-refractivity contribution < 1.29 is 9.90 Å². The first-order valence-electron chi connectivity index (χ1n) is 6.10. The second-order valence-corrected chi connectivity index (χ2v) is 4.72. The van der Waals surface area contributed by atoms with Gasteiger partial charge in [-0.2, -0.15) is 0 Å². The summed E-state index contributed by atoms with van der Waals surface area (Å²) in [6.45, 7) is 5.00. The molecule has 4 N–H and O–H groups in total. The number of piperazine rings is 1. The highest BCUT2D eigenvalue weighted by atomic mass is 16.3. The molecule has 0 saturated carbocycles. The Labute approximate surface area is 107 Å². The first kappa shape index (κ1) is 12.9. The minimum absolute atomic E-state index is 0.148. The van der Waals surface area contributed by atoms with Gasteiger partial charge in [-0.15, -0.1) is 0 Å². The molecule has 0 spiro atoms. The minimum atomic E-state index is -0.874. The predicted molar refractivity (Wildman–Crippen MR) is 69.1 cm³/mol. The number of phenols is 1. The van der Waals surface area contributed by atoms with E-state index in [-0.39, 0.29) is 5.75 Å². The number of nitrogens with one attached hydrogen (secondary N) is 1. The highest BCUT2D eigenvalue weighted by Gasteiger charge is 2.40.